The molecule has 1 heterocycles. The summed E-state index contributed by atoms with van der Waals surface area (Å²) in [6.07, 6.45) is 4.44. The Bertz CT molecular complexity index is 434. The molecular weight excluding hydrogens is 244 g/mol. The second-order valence-electron chi connectivity index (χ2n) is 5.69. The molecule has 1 atom stereocenters. The second-order valence-corrected chi connectivity index (χ2v) is 6.13. The maximum absolute atomic E-state index is 5.93. The predicted octanol–water partition coefficient (Wildman–Crippen LogP) is 3.42. The average Bonchev–Trinajstić information content (AvgIpc) is 2.73. The van der Waals surface area contributed by atoms with Crippen molar-refractivity contribution in [3.8, 4) is 0 Å². The van der Waals surface area contributed by atoms with Crippen LogP contribution in [0.5, 0.6) is 0 Å². The van der Waals surface area contributed by atoms with E-state index in [0.29, 0.717) is 5.92 Å². The summed E-state index contributed by atoms with van der Waals surface area (Å²) in [7, 11) is 0. The Morgan fingerprint density at radius 3 is 2.56 bits per heavy atom. The van der Waals surface area contributed by atoms with Crippen LogP contribution in [0.25, 0.3) is 0 Å². The van der Waals surface area contributed by atoms with Gasteiger partial charge < -0.3 is 11.1 Å². The van der Waals surface area contributed by atoms with Crippen molar-refractivity contribution < 1.29 is 0 Å². The quantitative estimate of drug-likeness (QED) is 0.875. The van der Waals surface area contributed by atoms with E-state index in [1.54, 1.807) is 0 Å². The van der Waals surface area contributed by atoms with Gasteiger partial charge in [0.05, 0.1) is 5.82 Å². The van der Waals surface area contributed by atoms with Crippen LogP contribution in [0.4, 0.5) is 0 Å². The van der Waals surface area contributed by atoms with Gasteiger partial charge >= 0.3 is 0 Å². The smallest absolute Gasteiger partial charge is 0.0922 e. The zero-order valence-electron chi connectivity index (χ0n) is 11.0. The molecule has 1 aromatic rings. The zero-order valence-corrected chi connectivity index (χ0v) is 11.8. The largest absolute Gasteiger partial charge is 0.386 e. The SMILES string of the molecule is CC(C)(CC[C@H]1C=C(N)NC1)c1ccc(Cl)cc1. The predicted molar refractivity (Wildman–Crippen MR) is 77.5 cm³/mol. The van der Waals surface area contributed by atoms with Crippen LogP contribution >= 0.6 is 11.6 Å². The fourth-order valence-corrected chi connectivity index (χ4v) is 2.52. The van der Waals surface area contributed by atoms with Crippen LogP contribution in [0.15, 0.2) is 36.2 Å². The minimum atomic E-state index is 0.176. The number of halogens is 1. The van der Waals surface area contributed by atoms with Gasteiger partial charge in [0.15, 0.2) is 0 Å². The molecule has 1 aromatic carbocycles. The first-order valence-electron chi connectivity index (χ1n) is 6.44. The van der Waals surface area contributed by atoms with E-state index in [0.717, 1.165) is 30.2 Å². The fraction of sp³-hybridized carbons (Fsp3) is 0.467. The van der Waals surface area contributed by atoms with Gasteiger partial charge in [0, 0.05) is 11.6 Å². The number of benzene rings is 1. The van der Waals surface area contributed by atoms with E-state index < -0.39 is 0 Å². The summed E-state index contributed by atoms with van der Waals surface area (Å²) < 4.78 is 0. The van der Waals surface area contributed by atoms with Crippen molar-refractivity contribution in [1.82, 2.24) is 5.32 Å². The molecule has 2 rings (SSSR count). The van der Waals surface area contributed by atoms with E-state index in [1.807, 2.05) is 12.1 Å². The van der Waals surface area contributed by atoms with E-state index >= 15 is 0 Å². The lowest BCUT2D eigenvalue weighted by atomic mass is 9.79. The number of nitrogens with two attached hydrogens (primary N) is 1. The lowest BCUT2D eigenvalue weighted by Gasteiger charge is -2.26. The Morgan fingerprint density at radius 2 is 2.00 bits per heavy atom. The van der Waals surface area contributed by atoms with Crippen LogP contribution in [0.2, 0.25) is 5.02 Å². The Balaban J connectivity index is 1.96. The highest BCUT2D eigenvalue weighted by molar-refractivity contribution is 6.30. The van der Waals surface area contributed by atoms with Crippen molar-refractivity contribution in [2.75, 3.05) is 6.54 Å². The molecule has 0 bridgehead atoms. The van der Waals surface area contributed by atoms with Gasteiger partial charge in [-0.05, 0) is 47.9 Å². The highest BCUT2D eigenvalue weighted by Gasteiger charge is 2.23. The van der Waals surface area contributed by atoms with Gasteiger partial charge in [-0.2, -0.15) is 0 Å². The van der Waals surface area contributed by atoms with Crippen molar-refractivity contribution >= 4 is 11.6 Å². The van der Waals surface area contributed by atoms with E-state index in [-0.39, 0.29) is 5.41 Å². The molecule has 0 fully saturated rings. The molecule has 18 heavy (non-hydrogen) atoms. The van der Waals surface area contributed by atoms with Gasteiger partial charge in [-0.15, -0.1) is 0 Å². The summed E-state index contributed by atoms with van der Waals surface area (Å²) in [5.41, 5.74) is 7.25. The molecule has 0 aromatic heterocycles. The van der Waals surface area contributed by atoms with Gasteiger partial charge in [-0.25, -0.2) is 0 Å². The van der Waals surface area contributed by atoms with Crippen molar-refractivity contribution in [1.29, 1.82) is 0 Å². The van der Waals surface area contributed by atoms with Crippen LogP contribution in [0.1, 0.15) is 32.3 Å². The highest BCUT2D eigenvalue weighted by Crippen LogP contribution is 2.31. The molecule has 2 nitrogen and oxygen atoms in total. The van der Waals surface area contributed by atoms with Crippen molar-refractivity contribution in [2.24, 2.45) is 11.7 Å². The summed E-state index contributed by atoms with van der Waals surface area (Å²) in [5, 5.41) is 3.97. The average molecular weight is 265 g/mol. The molecule has 98 valence electrons. The summed E-state index contributed by atoms with van der Waals surface area (Å²) in [6.45, 7) is 5.54. The van der Waals surface area contributed by atoms with Crippen LogP contribution in [0, 0.1) is 5.92 Å². The van der Waals surface area contributed by atoms with Crippen LogP contribution in [-0.4, -0.2) is 6.54 Å². The number of nitrogens with one attached hydrogen (secondary N) is 1. The van der Waals surface area contributed by atoms with E-state index in [9.17, 15) is 0 Å². The maximum Gasteiger partial charge on any atom is 0.0922 e. The van der Waals surface area contributed by atoms with Crippen LogP contribution < -0.4 is 11.1 Å². The van der Waals surface area contributed by atoms with E-state index in [2.05, 4.69) is 37.4 Å². The topological polar surface area (TPSA) is 38.0 Å². The second kappa shape index (κ2) is 5.23. The van der Waals surface area contributed by atoms with Crippen molar-refractivity contribution in [2.45, 2.75) is 32.1 Å². The molecule has 0 spiro atoms. The van der Waals surface area contributed by atoms with Gasteiger partial charge in [-0.1, -0.05) is 37.6 Å². The van der Waals surface area contributed by atoms with E-state index in [1.165, 1.54) is 5.56 Å². The first-order valence-corrected chi connectivity index (χ1v) is 6.82. The Kier molecular flexibility index (Phi) is 3.86. The van der Waals surface area contributed by atoms with Gasteiger partial charge in [0.25, 0.3) is 0 Å². The zero-order chi connectivity index (χ0) is 13.2. The summed E-state index contributed by atoms with van der Waals surface area (Å²) in [6, 6.07) is 8.18. The lowest BCUT2D eigenvalue weighted by molar-refractivity contribution is 0.422. The molecule has 0 unspecified atom stereocenters. The monoisotopic (exact) mass is 264 g/mol. The minimum absolute atomic E-state index is 0.176. The molecule has 1 aliphatic heterocycles. The molecule has 0 radical (unpaired) electrons. The van der Waals surface area contributed by atoms with Gasteiger partial charge in [-0.3, -0.25) is 0 Å². The summed E-state index contributed by atoms with van der Waals surface area (Å²) in [4.78, 5) is 0. The molecule has 0 amide bonds. The minimum Gasteiger partial charge on any atom is -0.386 e. The fourth-order valence-electron chi connectivity index (χ4n) is 2.40. The van der Waals surface area contributed by atoms with Crippen LogP contribution in [-0.2, 0) is 5.41 Å². The normalized spacial score (nSPS) is 19.5. The standard InChI is InChI=1S/C15H21ClN2/c1-15(2,12-3-5-13(16)6-4-12)8-7-11-9-14(17)18-10-11/h3-6,9,11,18H,7-8,10,17H2,1-2H3/t11-/m0/s1. The third-order valence-corrected chi connectivity index (χ3v) is 4.00. The first kappa shape index (κ1) is 13.3. The Hall–Kier alpha value is -1.15. The molecule has 0 saturated carbocycles. The third kappa shape index (κ3) is 3.20. The van der Waals surface area contributed by atoms with Crippen LogP contribution in [0.3, 0.4) is 0 Å². The highest BCUT2D eigenvalue weighted by atomic mass is 35.5. The lowest BCUT2D eigenvalue weighted by Crippen LogP contribution is -2.20. The molecule has 1 aliphatic rings. The molecular formula is C15H21ClN2. The first-order chi connectivity index (χ1) is 8.47. The Labute approximate surface area is 114 Å². The molecule has 0 saturated heterocycles. The van der Waals surface area contributed by atoms with Crippen molar-refractivity contribution in [3.05, 3.63) is 46.7 Å². The number of rotatable bonds is 4. The molecule has 3 N–H and O–H groups in total. The number of hydrogen-bond acceptors (Lipinski definition) is 2. The summed E-state index contributed by atoms with van der Waals surface area (Å²) >= 11 is 5.93. The number of hydrogen-bond donors (Lipinski definition) is 2. The van der Waals surface area contributed by atoms with Crippen molar-refractivity contribution in [3.63, 3.8) is 0 Å². The van der Waals surface area contributed by atoms with Gasteiger partial charge in [0.1, 0.15) is 0 Å². The maximum atomic E-state index is 5.93. The molecule has 3 heteroatoms. The summed E-state index contributed by atoms with van der Waals surface area (Å²) in [5.74, 6) is 1.39. The third-order valence-electron chi connectivity index (χ3n) is 3.75. The Morgan fingerprint density at radius 1 is 1.33 bits per heavy atom. The van der Waals surface area contributed by atoms with E-state index in [4.69, 9.17) is 17.3 Å². The molecule has 0 aliphatic carbocycles. The van der Waals surface area contributed by atoms with Gasteiger partial charge in [0.2, 0.25) is 0 Å².